The SMILES string of the molecule is CC(CCCC(C)C(=O)O)NCc1ccco1. The normalized spacial score (nSPS) is 14.5. The molecule has 0 aliphatic carbocycles. The predicted octanol–water partition coefficient (Wildman–Crippen LogP) is 2.65. The third-order valence-corrected chi connectivity index (χ3v) is 2.90. The summed E-state index contributed by atoms with van der Waals surface area (Å²) in [5.74, 6) is -0.0239. The van der Waals surface area contributed by atoms with Crippen LogP contribution in [0.25, 0.3) is 0 Å². The minimum absolute atomic E-state index is 0.243. The second-order valence-corrected chi connectivity index (χ2v) is 4.53. The van der Waals surface area contributed by atoms with Crippen LogP contribution in [0.1, 0.15) is 38.9 Å². The Hall–Kier alpha value is -1.29. The molecule has 0 radical (unpaired) electrons. The summed E-state index contributed by atoms with van der Waals surface area (Å²) in [6, 6.07) is 4.18. The molecule has 0 saturated carbocycles. The highest BCUT2D eigenvalue weighted by Gasteiger charge is 2.11. The van der Waals surface area contributed by atoms with Gasteiger partial charge in [-0.25, -0.2) is 0 Å². The zero-order valence-corrected chi connectivity index (χ0v) is 10.5. The van der Waals surface area contributed by atoms with E-state index in [4.69, 9.17) is 9.52 Å². The van der Waals surface area contributed by atoms with Crippen molar-refractivity contribution in [2.45, 2.75) is 45.7 Å². The zero-order valence-electron chi connectivity index (χ0n) is 10.5. The largest absolute Gasteiger partial charge is 0.481 e. The van der Waals surface area contributed by atoms with Crippen LogP contribution in [0.2, 0.25) is 0 Å². The van der Waals surface area contributed by atoms with E-state index in [0.717, 1.165) is 31.6 Å². The molecule has 4 heteroatoms. The number of hydrogen-bond donors (Lipinski definition) is 2. The van der Waals surface area contributed by atoms with Crippen LogP contribution in [-0.2, 0) is 11.3 Å². The Morgan fingerprint density at radius 1 is 1.47 bits per heavy atom. The Morgan fingerprint density at radius 3 is 2.82 bits per heavy atom. The van der Waals surface area contributed by atoms with Crippen LogP contribution in [0.5, 0.6) is 0 Å². The van der Waals surface area contributed by atoms with E-state index in [1.54, 1.807) is 13.2 Å². The number of aliphatic carboxylic acids is 1. The van der Waals surface area contributed by atoms with Gasteiger partial charge >= 0.3 is 5.97 Å². The molecule has 17 heavy (non-hydrogen) atoms. The fourth-order valence-electron chi connectivity index (χ4n) is 1.64. The molecule has 1 aromatic heterocycles. The van der Waals surface area contributed by atoms with Crippen molar-refractivity contribution in [3.05, 3.63) is 24.2 Å². The molecule has 1 heterocycles. The molecule has 0 amide bonds. The number of carboxylic acid groups (broad SMARTS) is 1. The van der Waals surface area contributed by atoms with E-state index in [1.807, 2.05) is 12.1 Å². The molecule has 0 spiro atoms. The summed E-state index contributed by atoms with van der Waals surface area (Å²) in [5.41, 5.74) is 0. The van der Waals surface area contributed by atoms with E-state index in [1.165, 1.54) is 0 Å². The fraction of sp³-hybridized carbons (Fsp3) is 0.615. The summed E-state index contributed by atoms with van der Waals surface area (Å²) in [6.45, 7) is 4.58. The van der Waals surface area contributed by atoms with Crippen molar-refractivity contribution >= 4 is 5.97 Å². The van der Waals surface area contributed by atoms with Gasteiger partial charge in [0.2, 0.25) is 0 Å². The van der Waals surface area contributed by atoms with Gasteiger partial charge in [0.15, 0.2) is 0 Å². The Labute approximate surface area is 102 Å². The average molecular weight is 239 g/mol. The third-order valence-electron chi connectivity index (χ3n) is 2.90. The van der Waals surface area contributed by atoms with E-state index in [9.17, 15) is 4.79 Å². The molecule has 1 rings (SSSR count). The summed E-state index contributed by atoms with van der Waals surface area (Å²) in [6.07, 6.45) is 4.32. The van der Waals surface area contributed by atoms with Crippen molar-refractivity contribution < 1.29 is 14.3 Å². The maximum Gasteiger partial charge on any atom is 0.306 e. The van der Waals surface area contributed by atoms with Crippen molar-refractivity contribution in [1.82, 2.24) is 5.32 Å². The Kier molecular flexibility index (Phi) is 5.77. The highest BCUT2D eigenvalue weighted by Crippen LogP contribution is 2.10. The molecule has 0 aliphatic heterocycles. The van der Waals surface area contributed by atoms with Crippen LogP contribution in [0.3, 0.4) is 0 Å². The van der Waals surface area contributed by atoms with Gasteiger partial charge in [-0.1, -0.05) is 13.3 Å². The number of rotatable bonds is 8. The minimum atomic E-state index is -0.707. The Morgan fingerprint density at radius 2 is 2.24 bits per heavy atom. The van der Waals surface area contributed by atoms with Crippen molar-refractivity contribution in [3.8, 4) is 0 Å². The van der Waals surface area contributed by atoms with Crippen molar-refractivity contribution in [3.63, 3.8) is 0 Å². The van der Waals surface area contributed by atoms with E-state index < -0.39 is 5.97 Å². The van der Waals surface area contributed by atoms with Crippen molar-refractivity contribution in [2.24, 2.45) is 5.92 Å². The summed E-state index contributed by atoms with van der Waals surface area (Å²) in [4.78, 5) is 10.6. The van der Waals surface area contributed by atoms with Crippen LogP contribution in [0.15, 0.2) is 22.8 Å². The van der Waals surface area contributed by atoms with Crippen molar-refractivity contribution in [1.29, 1.82) is 0 Å². The van der Waals surface area contributed by atoms with Crippen LogP contribution < -0.4 is 5.32 Å². The first-order chi connectivity index (χ1) is 8.09. The first-order valence-corrected chi connectivity index (χ1v) is 6.08. The monoisotopic (exact) mass is 239 g/mol. The molecule has 4 nitrogen and oxygen atoms in total. The molecule has 0 aliphatic rings. The standard InChI is InChI=1S/C13H21NO3/c1-10(13(15)16)5-3-6-11(2)14-9-12-7-4-8-17-12/h4,7-8,10-11,14H,3,5-6,9H2,1-2H3,(H,15,16). The third kappa shape index (κ3) is 5.54. The lowest BCUT2D eigenvalue weighted by Crippen LogP contribution is -2.25. The highest BCUT2D eigenvalue weighted by atomic mass is 16.4. The quantitative estimate of drug-likeness (QED) is 0.732. The predicted molar refractivity (Wildman–Crippen MR) is 65.7 cm³/mol. The van der Waals surface area contributed by atoms with Gasteiger partial charge in [-0.05, 0) is 31.9 Å². The minimum Gasteiger partial charge on any atom is -0.481 e. The second-order valence-electron chi connectivity index (χ2n) is 4.53. The fourth-order valence-corrected chi connectivity index (χ4v) is 1.64. The lowest BCUT2D eigenvalue weighted by molar-refractivity contribution is -0.141. The Balaban J connectivity index is 2.09. The molecule has 1 aromatic rings. The molecule has 96 valence electrons. The molecule has 2 N–H and O–H groups in total. The van der Waals surface area contributed by atoms with Gasteiger partial charge in [0, 0.05) is 6.04 Å². The number of hydrogen-bond acceptors (Lipinski definition) is 3. The van der Waals surface area contributed by atoms with E-state index in [0.29, 0.717) is 6.04 Å². The summed E-state index contributed by atoms with van der Waals surface area (Å²) in [7, 11) is 0. The van der Waals surface area contributed by atoms with Gasteiger partial charge in [-0.2, -0.15) is 0 Å². The molecular weight excluding hydrogens is 218 g/mol. The van der Waals surface area contributed by atoms with E-state index >= 15 is 0 Å². The maximum atomic E-state index is 10.6. The Bertz CT molecular complexity index is 321. The van der Waals surface area contributed by atoms with Crippen LogP contribution in [0, 0.1) is 5.92 Å². The highest BCUT2D eigenvalue weighted by molar-refractivity contribution is 5.69. The average Bonchev–Trinajstić information content (AvgIpc) is 2.78. The smallest absolute Gasteiger partial charge is 0.306 e. The molecule has 0 saturated heterocycles. The first kappa shape index (κ1) is 13.8. The number of furan rings is 1. The molecule has 2 atom stereocenters. The maximum absolute atomic E-state index is 10.6. The molecular formula is C13H21NO3. The zero-order chi connectivity index (χ0) is 12.7. The van der Waals surface area contributed by atoms with Crippen LogP contribution >= 0.6 is 0 Å². The van der Waals surface area contributed by atoms with E-state index in [-0.39, 0.29) is 5.92 Å². The van der Waals surface area contributed by atoms with Gasteiger partial charge in [0.05, 0.1) is 18.7 Å². The van der Waals surface area contributed by atoms with Gasteiger partial charge < -0.3 is 14.8 Å². The van der Waals surface area contributed by atoms with Crippen LogP contribution in [-0.4, -0.2) is 17.1 Å². The van der Waals surface area contributed by atoms with Gasteiger partial charge in [-0.15, -0.1) is 0 Å². The van der Waals surface area contributed by atoms with Crippen LogP contribution in [0.4, 0.5) is 0 Å². The summed E-state index contributed by atoms with van der Waals surface area (Å²) >= 11 is 0. The molecule has 0 fully saturated rings. The topological polar surface area (TPSA) is 62.5 Å². The number of carbonyl (C=O) groups is 1. The number of nitrogens with one attached hydrogen (secondary N) is 1. The summed E-state index contributed by atoms with van der Waals surface area (Å²) < 4.78 is 5.22. The van der Waals surface area contributed by atoms with Gasteiger partial charge in [0.1, 0.15) is 5.76 Å². The first-order valence-electron chi connectivity index (χ1n) is 6.08. The van der Waals surface area contributed by atoms with Gasteiger partial charge in [0.25, 0.3) is 0 Å². The second kappa shape index (κ2) is 7.12. The van der Waals surface area contributed by atoms with E-state index in [2.05, 4.69) is 12.2 Å². The molecule has 2 unspecified atom stereocenters. The lowest BCUT2D eigenvalue weighted by Gasteiger charge is -2.13. The van der Waals surface area contributed by atoms with Crippen molar-refractivity contribution in [2.75, 3.05) is 0 Å². The number of carboxylic acids is 1. The summed E-state index contributed by atoms with van der Waals surface area (Å²) in [5, 5.41) is 12.1. The molecule has 0 bridgehead atoms. The van der Waals surface area contributed by atoms with Gasteiger partial charge in [-0.3, -0.25) is 4.79 Å². The lowest BCUT2D eigenvalue weighted by atomic mass is 10.0. The molecule has 0 aromatic carbocycles.